The highest BCUT2D eigenvalue weighted by molar-refractivity contribution is 7.16. The molecule has 0 atom stereocenters. The van der Waals surface area contributed by atoms with Gasteiger partial charge in [-0.3, -0.25) is 9.69 Å². The molecule has 1 N–H and O–H groups in total. The van der Waals surface area contributed by atoms with Gasteiger partial charge in [-0.1, -0.05) is 0 Å². The number of thiazole rings is 1. The second-order valence-electron chi connectivity index (χ2n) is 9.08. The second kappa shape index (κ2) is 8.84. The molecular weight excluding hydrogens is 448 g/mol. The predicted octanol–water partition coefficient (Wildman–Crippen LogP) is 3.87. The lowest BCUT2D eigenvalue weighted by Crippen LogP contribution is -2.44. The molecule has 1 fully saturated rings. The summed E-state index contributed by atoms with van der Waals surface area (Å²) in [6.45, 7) is 10.1. The summed E-state index contributed by atoms with van der Waals surface area (Å²) in [6.07, 6.45) is 1.72. The third-order valence-electron chi connectivity index (χ3n) is 6.28. The van der Waals surface area contributed by atoms with Crippen molar-refractivity contribution in [2.45, 2.75) is 26.8 Å². The van der Waals surface area contributed by atoms with E-state index in [1.807, 2.05) is 32.7 Å². The van der Waals surface area contributed by atoms with Crippen LogP contribution in [0.15, 0.2) is 30.5 Å². The van der Waals surface area contributed by atoms with Crippen LogP contribution in [0.2, 0.25) is 0 Å². The fraction of sp³-hybridized carbons (Fsp3) is 0.417. The molecule has 10 heteroatoms. The number of amides is 1. The Hall–Kier alpha value is -3.24. The summed E-state index contributed by atoms with van der Waals surface area (Å²) in [7, 11) is 4.09. The van der Waals surface area contributed by atoms with Crippen molar-refractivity contribution >= 4 is 51.1 Å². The minimum atomic E-state index is -0.122. The fourth-order valence-corrected chi connectivity index (χ4v) is 5.28. The van der Waals surface area contributed by atoms with Crippen LogP contribution in [0.25, 0.3) is 0 Å². The minimum Gasteiger partial charge on any atom is -0.369 e. The van der Waals surface area contributed by atoms with Crippen LogP contribution in [0.4, 0.5) is 33.8 Å². The number of piperazine rings is 1. The molecule has 1 saturated heterocycles. The highest BCUT2D eigenvalue weighted by atomic mass is 32.1. The molecule has 0 bridgehead atoms. The first-order chi connectivity index (χ1) is 16.3. The Balaban J connectivity index is 1.43. The lowest BCUT2D eigenvalue weighted by atomic mass is 10.2. The highest BCUT2D eigenvalue weighted by Crippen LogP contribution is 2.42. The zero-order valence-electron chi connectivity index (χ0n) is 20.2. The van der Waals surface area contributed by atoms with E-state index in [1.54, 1.807) is 11.1 Å². The molecule has 2 aliphatic heterocycles. The quantitative estimate of drug-likeness (QED) is 0.605. The molecule has 0 aliphatic carbocycles. The predicted molar refractivity (Wildman–Crippen MR) is 138 cm³/mol. The van der Waals surface area contributed by atoms with E-state index in [2.05, 4.69) is 56.4 Å². The van der Waals surface area contributed by atoms with E-state index < -0.39 is 0 Å². The van der Waals surface area contributed by atoms with Gasteiger partial charge in [0.1, 0.15) is 10.7 Å². The first kappa shape index (κ1) is 22.5. The zero-order valence-corrected chi connectivity index (χ0v) is 21.1. The Kier molecular flexibility index (Phi) is 5.86. The summed E-state index contributed by atoms with van der Waals surface area (Å²) in [4.78, 5) is 35.6. The van der Waals surface area contributed by atoms with Crippen LogP contribution >= 0.6 is 11.3 Å². The molecule has 0 saturated carbocycles. The molecule has 1 aromatic carbocycles. The van der Waals surface area contributed by atoms with Gasteiger partial charge >= 0.3 is 0 Å². The molecule has 178 valence electrons. The van der Waals surface area contributed by atoms with E-state index in [9.17, 15) is 4.79 Å². The molecule has 9 nitrogen and oxygen atoms in total. The van der Waals surface area contributed by atoms with Crippen LogP contribution in [0.3, 0.4) is 0 Å². The molecule has 2 aromatic heterocycles. The molecule has 2 aliphatic rings. The Morgan fingerprint density at radius 1 is 1.03 bits per heavy atom. The number of carbonyl (C=O) groups excluding carboxylic acids is 1. The normalized spacial score (nSPS) is 16.5. The monoisotopic (exact) mass is 478 g/mol. The number of hydrogen-bond donors (Lipinski definition) is 1. The summed E-state index contributed by atoms with van der Waals surface area (Å²) in [6, 6.07) is 8.32. The molecule has 3 aromatic rings. The Morgan fingerprint density at radius 2 is 1.74 bits per heavy atom. The number of fused-ring (bicyclic) bond motifs is 2. The molecule has 0 unspecified atom stereocenters. The van der Waals surface area contributed by atoms with Crippen molar-refractivity contribution < 1.29 is 4.79 Å². The van der Waals surface area contributed by atoms with Crippen molar-refractivity contribution in [2.75, 3.05) is 60.3 Å². The maximum atomic E-state index is 13.3. The maximum Gasteiger partial charge on any atom is 0.280 e. The Bertz CT molecular complexity index is 1200. The number of carbonyl (C=O) groups is 1. The number of benzene rings is 1. The molecule has 4 heterocycles. The van der Waals surface area contributed by atoms with Crippen molar-refractivity contribution in [1.29, 1.82) is 0 Å². The molecular formula is C24H30N8OS. The molecule has 0 spiro atoms. The number of nitrogens with zero attached hydrogens (tertiary/aromatic N) is 7. The second-order valence-corrected chi connectivity index (χ2v) is 10.3. The van der Waals surface area contributed by atoms with Crippen LogP contribution in [0.5, 0.6) is 0 Å². The number of aromatic nitrogens is 3. The highest BCUT2D eigenvalue weighted by Gasteiger charge is 2.35. The van der Waals surface area contributed by atoms with Gasteiger partial charge in [-0.05, 0) is 52.1 Å². The zero-order chi connectivity index (χ0) is 24.0. The molecule has 1 amide bonds. The van der Waals surface area contributed by atoms with Crippen LogP contribution in [-0.4, -0.2) is 72.1 Å². The molecule has 5 rings (SSSR count). The van der Waals surface area contributed by atoms with E-state index in [0.29, 0.717) is 23.1 Å². The van der Waals surface area contributed by atoms with Gasteiger partial charge in [-0.25, -0.2) is 9.97 Å². The van der Waals surface area contributed by atoms with E-state index in [1.165, 1.54) is 17.0 Å². The summed E-state index contributed by atoms with van der Waals surface area (Å²) in [5.41, 5.74) is 3.28. The standard InChI is InChI=1S/C24H30N8OS/c1-15(2)32-19-14-25-24(28-21(19)30(5)23-20(22(32)33)26-16(3)34-23)27-17-6-8-18(9-7-17)31-12-10-29(4)11-13-31/h6-9,14-15H,10-13H2,1-5H3,(H,25,27,28). The summed E-state index contributed by atoms with van der Waals surface area (Å²) >= 11 is 1.50. The van der Waals surface area contributed by atoms with Gasteiger partial charge in [0.05, 0.1) is 11.2 Å². The molecule has 34 heavy (non-hydrogen) atoms. The number of likely N-dealkylation sites (N-methyl/N-ethyl adjacent to an activating group) is 1. The van der Waals surface area contributed by atoms with Gasteiger partial charge in [-0.15, -0.1) is 11.3 Å². The van der Waals surface area contributed by atoms with Gasteiger partial charge in [0.15, 0.2) is 11.5 Å². The summed E-state index contributed by atoms with van der Waals surface area (Å²) in [5.74, 6) is 1.04. The Morgan fingerprint density at radius 3 is 2.41 bits per heavy atom. The Labute approximate surface area is 204 Å². The van der Waals surface area contributed by atoms with E-state index >= 15 is 0 Å². The number of hydrogen-bond acceptors (Lipinski definition) is 9. The minimum absolute atomic E-state index is 0.0582. The lowest BCUT2D eigenvalue weighted by molar-refractivity contribution is 0.0977. The van der Waals surface area contributed by atoms with Gasteiger partial charge in [0.2, 0.25) is 5.95 Å². The number of anilines is 6. The number of nitrogens with one attached hydrogen (secondary N) is 1. The van der Waals surface area contributed by atoms with Gasteiger partial charge in [0, 0.05) is 50.6 Å². The van der Waals surface area contributed by atoms with E-state index in [4.69, 9.17) is 4.98 Å². The average Bonchev–Trinajstić information content (AvgIpc) is 3.19. The average molecular weight is 479 g/mol. The number of aryl methyl sites for hydroxylation is 1. The molecule has 0 radical (unpaired) electrons. The van der Waals surface area contributed by atoms with Crippen molar-refractivity contribution in [3.05, 3.63) is 41.2 Å². The van der Waals surface area contributed by atoms with Gasteiger partial charge in [0.25, 0.3) is 5.91 Å². The van der Waals surface area contributed by atoms with Crippen molar-refractivity contribution in [2.24, 2.45) is 0 Å². The van der Waals surface area contributed by atoms with Gasteiger partial charge in [-0.2, -0.15) is 4.98 Å². The lowest BCUT2D eigenvalue weighted by Gasteiger charge is -2.34. The van der Waals surface area contributed by atoms with Crippen LogP contribution < -0.4 is 20.0 Å². The smallest absolute Gasteiger partial charge is 0.280 e. The van der Waals surface area contributed by atoms with Gasteiger partial charge < -0.3 is 20.0 Å². The van der Waals surface area contributed by atoms with Crippen LogP contribution in [0, 0.1) is 6.92 Å². The number of rotatable bonds is 4. The fourth-order valence-electron chi connectivity index (χ4n) is 4.41. The first-order valence-corrected chi connectivity index (χ1v) is 12.4. The maximum absolute atomic E-state index is 13.3. The summed E-state index contributed by atoms with van der Waals surface area (Å²) in [5, 5.41) is 4.98. The topological polar surface area (TPSA) is 80.7 Å². The van der Waals surface area contributed by atoms with E-state index in [0.717, 1.165) is 41.9 Å². The largest absolute Gasteiger partial charge is 0.369 e. The van der Waals surface area contributed by atoms with Crippen molar-refractivity contribution in [3.8, 4) is 0 Å². The van der Waals surface area contributed by atoms with Crippen molar-refractivity contribution in [3.63, 3.8) is 0 Å². The first-order valence-electron chi connectivity index (χ1n) is 11.5. The van der Waals surface area contributed by atoms with Crippen LogP contribution in [-0.2, 0) is 0 Å². The van der Waals surface area contributed by atoms with Crippen LogP contribution in [0.1, 0.15) is 29.3 Å². The SMILES string of the molecule is Cc1nc2c(s1)N(C)c1nc(Nc3ccc(N4CCN(C)CC4)cc3)ncc1N(C(C)C)C2=O. The van der Waals surface area contributed by atoms with E-state index in [-0.39, 0.29) is 11.9 Å². The summed E-state index contributed by atoms with van der Waals surface area (Å²) < 4.78 is 0. The third-order valence-corrected chi connectivity index (χ3v) is 7.33. The van der Waals surface area contributed by atoms with Crippen molar-refractivity contribution in [1.82, 2.24) is 19.9 Å². The third kappa shape index (κ3) is 4.07.